The van der Waals surface area contributed by atoms with E-state index in [2.05, 4.69) is 36.1 Å². The van der Waals surface area contributed by atoms with E-state index in [9.17, 15) is 0 Å². The van der Waals surface area contributed by atoms with Crippen molar-refractivity contribution in [2.24, 2.45) is 5.92 Å². The van der Waals surface area contributed by atoms with Gasteiger partial charge in [-0.05, 0) is 43.7 Å². The number of likely N-dealkylation sites (N-methyl/N-ethyl adjacent to an activating group) is 1. The van der Waals surface area contributed by atoms with Crippen LogP contribution < -0.4 is 5.32 Å². The summed E-state index contributed by atoms with van der Waals surface area (Å²) < 4.78 is 0. The van der Waals surface area contributed by atoms with E-state index in [1.165, 1.54) is 42.6 Å². The van der Waals surface area contributed by atoms with E-state index in [0.29, 0.717) is 12.0 Å². The second-order valence-electron chi connectivity index (χ2n) is 5.92. The zero-order chi connectivity index (χ0) is 13.7. The van der Waals surface area contributed by atoms with Crippen LogP contribution in [0.15, 0.2) is 6.33 Å². The first-order chi connectivity index (χ1) is 9.22. The lowest BCUT2D eigenvalue weighted by molar-refractivity contribution is 0.401. The van der Waals surface area contributed by atoms with Crippen LogP contribution >= 0.6 is 0 Å². The fourth-order valence-electron chi connectivity index (χ4n) is 2.96. The molecule has 0 radical (unpaired) electrons. The van der Waals surface area contributed by atoms with Gasteiger partial charge in [0, 0.05) is 23.9 Å². The normalized spacial score (nSPS) is 17.1. The number of nitrogens with one attached hydrogen (secondary N) is 1. The molecule has 3 nitrogen and oxygen atoms in total. The highest BCUT2D eigenvalue weighted by molar-refractivity contribution is 5.27. The highest BCUT2D eigenvalue weighted by Crippen LogP contribution is 2.22. The maximum Gasteiger partial charge on any atom is 0.115 e. The van der Waals surface area contributed by atoms with Gasteiger partial charge in [0.05, 0.1) is 0 Å². The van der Waals surface area contributed by atoms with Crippen molar-refractivity contribution < 1.29 is 0 Å². The Hall–Kier alpha value is -0.960. The van der Waals surface area contributed by atoms with Gasteiger partial charge in [0.1, 0.15) is 6.33 Å². The van der Waals surface area contributed by atoms with Gasteiger partial charge >= 0.3 is 0 Å². The molecule has 1 atom stereocenters. The predicted octanol–water partition coefficient (Wildman–Crippen LogP) is 2.92. The van der Waals surface area contributed by atoms with Gasteiger partial charge in [0.15, 0.2) is 0 Å². The van der Waals surface area contributed by atoms with Crippen molar-refractivity contribution in [1.82, 2.24) is 15.3 Å². The third-order valence-electron chi connectivity index (χ3n) is 4.15. The summed E-state index contributed by atoms with van der Waals surface area (Å²) >= 11 is 0. The first kappa shape index (κ1) is 14.4. The van der Waals surface area contributed by atoms with Gasteiger partial charge in [-0.1, -0.05) is 27.2 Å². The van der Waals surface area contributed by atoms with Gasteiger partial charge in [0.25, 0.3) is 0 Å². The molecule has 1 aliphatic rings. The van der Waals surface area contributed by atoms with Crippen molar-refractivity contribution in [3.05, 3.63) is 23.3 Å². The van der Waals surface area contributed by atoms with Gasteiger partial charge in [-0.3, -0.25) is 0 Å². The summed E-state index contributed by atoms with van der Waals surface area (Å²) in [4.78, 5) is 9.09. The van der Waals surface area contributed by atoms with E-state index >= 15 is 0 Å². The summed E-state index contributed by atoms with van der Waals surface area (Å²) in [5.74, 6) is 0.636. The molecule has 1 aliphatic carbocycles. The van der Waals surface area contributed by atoms with Crippen molar-refractivity contribution in [1.29, 1.82) is 0 Å². The standard InChI is InChI=1S/C16H27N3/c1-4-17-15(12(2)3)10-16-13-8-6-5-7-9-14(13)18-11-19-16/h11-12,15,17H,4-10H2,1-3H3. The molecular formula is C16H27N3. The van der Waals surface area contributed by atoms with Crippen LogP contribution in [0.5, 0.6) is 0 Å². The lowest BCUT2D eigenvalue weighted by Gasteiger charge is -2.22. The lowest BCUT2D eigenvalue weighted by Crippen LogP contribution is -2.36. The molecule has 0 aliphatic heterocycles. The summed E-state index contributed by atoms with van der Waals surface area (Å²) in [5, 5.41) is 3.59. The topological polar surface area (TPSA) is 37.8 Å². The van der Waals surface area contributed by atoms with Gasteiger partial charge < -0.3 is 5.32 Å². The molecule has 0 aromatic carbocycles. The van der Waals surface area contributed by atoms with Crippen LogP contribution in [0.2, 0.25) is 0 Å². The Bertz CT molecular complexity index is 401. The highest BCUT2D eigenvalue weighted by Gasteiger charge is 2.19. The Morgan fingerprint density at radius 2 is 1.95 bits per heavy atom. The van der Waals surface area contributed by atoms with Crippen molar-refractivity contribution in [3.63, 3.8) is 0 Å². The van der Waals surface area contributed by atoms with E-state index in [-0.39, 0.29) is 0 Å². The van der Waals surface area contributed by atoms with Gasteiger partial charge in [-0.2, -0.15) is 0 Å². The molecule has 0 amide bonds. The Morgan fingerprint density at radius 1 is 1.16 bits per heavy atom. The van der Waals surface area contributed by atoms with Crippen molar-refractivity contribution in [2.45, 2.75) is 65.3 Å². The molecule has 1 N–H and O–H groups in total. The third kappa shape index (κ3) is 3.75. The van der Waals surface area contributed by atoms with Crippen LogP contribution in [-0.2, 0) is 19.3 Å². The minimum atomic E-state index is 0.521. The molecule has 0 bridgehead atoms. The molecule has 3 heteroatoms. The van der Waals surface area contributed by atoms with E-state index in [4.69, 9.17) is 0 Å². The number of aromatic nitrogens is 2. The second-order valence-corrected chi connectivity index (χ2v) is 5.92. The lowest BCUT2D eigenvalue weighted by atomic mass is 9.95. The number of hydrogen-bond donors (Lipinski definition) is 1. The first-order valence-electron chi connectivity index (χ1n) is 7.77. The molecule has 1 aromatic heterocycles. The van der Waals surface area contributed by atoms with Crippen molar-refractivity contribution in [3.8, 4) is 0 Å². The minimum absolute atomic E-state index is 0.521. The van der Waals surface area contributed by atoms with Crippen LogP contribution in [0, 0.1) is 5.92 Å². The monoisotopic (exact) mass is 261 g/mol. The molecule has 0 saturated carbocycles. The summed E-state index contributed by atoms with van der Waals surface area (Å²) in [5.41, 5.74) is 4.04. The molecule has 0 saturated heterocycles. The fourth-order valence-corrected chi connectivity index (χ4v) is 2.96. The minimum Gasteiger partial charge on any atom is -0.314 e. The molecule has 1 heterocycles. The summed E-state index contributed by atoms with van der Waals surface area (Å²) in [6.45, 7) is 7.77. The SMILES string of the molecule is CCNC(Cc1ncnc2c1CCCCC2)C(C)C. The number of hydrogen-bond acceptors (Lipinski definition) is 3. The Balaban J connectivity index is 2.19. The van der Waals surface area contributed by atoms with Gasteiger partial charge in [-0.15, -0.1) is 0 Å². The van der Waals surface area contributed by atoms with Gasteiger partial charge in [-0.25, -0.2) is 9.97 Å². The number of aryl methyl sites for hydroxylation is 1. The largest absolute Gasteiger partial charge is 0.314 e. The average Bonchev–Trinajstić information content (AvgIpc) is 2.64. The molecule has 106 valence electrons. The average molecular weight is 261 g/mol. The molecule has 2 rings (SSSR count). The fraction of sp³-hybridized carbons (Fsp3) is 0.750. The van der Waals surface area contributed by atoms with Crippen molar-refractivity contribution >= 4 is 0 Å². The van der Waals surface area contributed by atoms with Crippen molar-refractivity contribution in [2.75, 3.05) is 6.54 Å². The predicted molar refractivity (Wildman–Crippen MR) is 79.3 cm³/mol. The molecule has 0 spiro atoms. The smallest absolute Gasteiger partial charge is 0.115 e. The maximum atomic E-state index is 4.59. The van der Waals surface area contributed by atoms with E-state index in [1.807, 2.05) is 0 Å². The number of nitrogens with zero attached hydrogens (tertiary/aromatic N) is 2. The molecule has 19 heavy (non-hydrogen) atoms. The van der Waals surface area contributed by atoms with Crippen LogP contribution in [-0.4, -0.2) is 22.6 Å². The van der Waals surface area contributed by atoms with Crippen LogP contribution in [0.25, 0.3) is 0 Å². The third-order valence-corrected chi connectivity index (χ3v) is 4.15. The highest BCUT2D eigenvalue weighted by atomic mass is 14.9. The zero-order valence-corrected chi connectivity index (χ0v) is 12.6. The molecule has 1 unspecified atom stereocenters. The summed E-state index contributed by atoms with van der Waals surface area (Å²) in [6, 6.07) is 0.521. The number of rotatable bonds is 5. The second kappa shape index (κ2) is 6.99. The van der Waals surface area contributed by atoms with E-state index in [1.54, 1.807) is 6.33 Å². The quantitative estimate of drug-likeness (QED) is 0.828. The van der Waals surface area contributed by atoms with Crippen LogP contribution in [0.1, 0.15) is 57.0 Å². The van der Waals surface area contributed by atoms with E-state index < -0.39 is 0 Å². The van der Waals surface area contributed by atoms with E-state index in [0.717, 1.165) is 19.4 Å². The van der Waals surface area contributed by atoms with Crippen LogP contribution in [0.3, 0.4) is 0 Å². The number of fused-ring (bicyclic) bond motifs is 1. The Labute approximate surface area is 117 Å². The maximum absolute atomic E-state index is 4.59. The first-order valence-corrected chi connectivity index (χ1v) is 7.77. The molecule has 1 aromatic rings. The van der Waals surface area contributed by atoms with Gasteiger partial charge in [0.2, 0.25) is 0 Å². The molecular weight excluding hydrogens is 234 g/mol. The summed E-state index contributed by atoms with van der Waals surface area (Å²) in [7, 11) is 0. The molecule has 0 fully saturated rings. The Kier molecular flexibility index (Phi) is 5.32. The Morgan fingerprint density at radius 3 is 2.68 bits per heavy atom. The zero-order valence-electron chi connectivity index (χ0n) is 12.6. The van der Waals surface area contributed by atoms with Crippen LogP contribution in [0.4, 0.5) is 0 Å². The summed E-state index contributed by atoms with van der Waals surface area (Å²) in [6.07, 6.45) is 9.02.